The number of hydrogen-bond acceptors (Lipinski definition) is 3. The standard InChI is InChI=1S/C15H25N3/c1-4-16-13-6-8-17-14(10-13)11-18-9-5-7-15(2,3)12-18/h6,8,10H,4-5,7,9,11-12H2,1-3H3,(H,16,17). The van der Waals surface area contributed by atoms with Crippen LogP contribution in [-0.2, 0) is 6.54 Å². The van der Waals surface area contributed by atoms with Crippen molar-refractivity contribution in [3.63, 3.8) is 0 Å². The molecule has 1 aromatic heterocycles. The highest BCUT2D eigenvalue weighted by Crippen LogP contribution is 2.29. The molecule has 3 heteroatoms. The molecule has 1 aliphatic heterocycles. The Labute approximate surface area is 111 Å². The van der Waals surface area contributed by atoms with Gasteiger partial charge < -0.3 is 5.32 Å². The highest BCUT2D eigenvalue weighted by molar-refractivity contribution is 5.42. The maximum Gasteiger partial charge on any atom is 0.0564 e. The largest absolute Gasteiger partial charge is 0.385 e. The van der Waals surface area contributed by atoms with Gasteiger partial charge in [0, 0.05) is 31.5 Å². The van der Waals surface area contributed by atoms with Crippen LogP contribution in [0.4, 0.5) is 5.69 Å². The molecule has 0 atom stereocenters. The summed E-state index contributed by atoms with van der Waals surface area (Å²) in [6.07, 6.45) is 4.55. The van der Waals surface area contributed by atoms with E-state index in [2.05, 4.69) is 42.0 Å². The maximum atomic E-state index is 4.48. The van der Waals surface area contributed by atoms with Gasteiger partial charge in [0.15, 0.2) is 0 Å². The zero-order valence-electron chi connectivity index (χ0n) is 11.9. The van der Waals surface area contributed by atoms with Crippen molar-refractivity contribution < 1.29 is 0 Å². The first-order chi connectivity index (χ1) is 8.59. The van der Waals surface area contributed by atoms with Crippen molar-refractivity contribution in [2.45, 2.75) is 40.2 Å². The number of nitrogens with zero attached hydrogens (tertiary/aromatic N) is 2. The Kier molecular flexibility index (Phi) is 4.23. The van der Waals surface area contributed by atoms with E-state index in [-0.39, 0.29) is 0 Å². The van der Waals surface area contributed by atoms with Crippen LogP contribution in [0, 0.1) is 5.41 Å². The van der Waals surface area contributed by atoms with E-state index in [1.165, 1.54) is 37.3 Å². The highest BCUT2D eigenvalue weighted by atomic mass is 15.1. The van der Waals surface area contributed by atoms with Gasteiger partial charge in [-0.05, 0) is 43.9 Å². The molecule has 1 N–H and O–H groups in total. The van der Waals surface area contributed by atoms with Crippen molar-refractivity contribution in [2.24, 2.45) is 5.41 Å². The van der Waals surface area contributed by atoms with Crippen LogP contribution in [0.15, 0.2) is 18.3 Å². The molecule has 0 radical (unpaired) electrons. The molecular formula is C15H25N3. The molecule has 0 aromatic carbocycles. The lowest BCUT2D eigenvalue weighted by atomic mass is 9.84. The van der Waals surface area contributed by atoms with Gasteiger partial charge in [0.25, 0.3) is 0 Å². The molecule has 2 heterocycles. The van der Waals surface area contributed by atoms with E-state index in [9.17, 15) is 0 Å². The summed E-state index contributed by atoms with van der Waals surface area (Å²) in [4.78, 5) is 7.01. The quantitative estimate of drug-likeness (QED) is 0.886. The van der Waals surface area contributed by atoms with Crippen molar-refractivity contribution in [1.29, 1.82) is 0 Å². The summed E-state index contributed by atoms with van der Waals surface area (Å²) in [5.41, 5.74) is 2.81. The summed E-state index contributed by atoms with van der Waals surface area (Å²) in [6.45, 7) is 11.2. The van der Waals surface area contributed by atoms with E-state index in [1.54, 1.807) is 0 Å². The van der Waals surface area contributed by atoms with Crippen molar-refractivity contribution >= 4 is 5.69 Å². The minimum atomic E-state index is 0.456. The first-order valence-corrected chi connectivity index (χ1v) is 7.00. The molecule has 100 valence electrons. The first-order valence-electron chi connectivity index (χ1n) is 7.00. The molecule has 0 aliphatic carbocycles. The second kappa shape index (κ2) is 5.70. The minimum Gasteiger partial charge on any atom is -0.385 e. The summed E-state index contributed by atoms with van der Waals surface area (Å²) in [5.74, 6) is 0. The Balaban J connectivity index is 1.98. The Morgan fingerprint density at radius 2 is 2.28 bits per heavy atom. The van der Waals surface area contributed by atoms with Gasteiger partial charge >= 0.3 is 0 Å². The van der Waals surface area contributed by atoms with Gasteiger partial charge in [-0.25, -0.2) is 0 Å². The van der Waals surface area contributed by atoms with Gasteiger partial charge in [-0.2, -0.15) is 0 Å². The minimum absolute atomic E-state index is 0.456. The van der Waals surface area contributed by atoms with Crippen molar-refractivity contribution in [2.75, 3.05) is 25.0 Å². The Hall–Kier alpha value is -1.09. The third kappa shape index (κ3) is 3.70. The summed E-state index contributed by atoms with van der Waals surface area (Å²) in [7, 11) is 0. The SMILES string of the molecule is CCNc1ccnc(CN2CCCC(C)(C)C2)c1. The molecule has 0 unspecified atom stereocenters. The number of likely N-dealkylation sites (tertiary alicyclic amines) is 1. The van der Waals surface area contributed by atoms with Crippen LogP contribution in [0.25, 0.3) is 0 Å². The van der Waals surface area contributed by atoms with Crippen LogP contribution in [0.5, 0.6) is 0 Å². The predicted molar refractivity (Wildman–Crippen MR) is 76.7 cm³/mol. The van der Waals surface area contributed by atoms with Crippen molar-refractivity contribution in [3.8, 4) is 0 Å². The average molecular weight is 247 g/mol. The van der Waals surface area contributed by atoms with Crippen molar-refractivity contribution in [3.05, 3.63) is 24.0 Å². The summed E-state index contributed by atoms with van der Waals surface area (Å²) < 4.78 is 0. The lowest BCUT2D eigenvalue weighted by Gasteiger charge is -2.37. The maximum absolute atomic E-state index is 4.48. The van der Waals surface area contributed by atoms with Crippen LogP contribution in [0.2, 0.25) is 0 Å². The van der Waals surface area contributed by atoms with Crippen molar-refractivity contribution in [1.82, 2.24) is 9.88 Å². The first kappa shape index (κ1) is 13.3. The van der Waals surface area contributed by atoms with Gasteiger partial charge in [-0.3, -0.25) is 9.88 Å². The van der Waals surface area contributed by atoms with E-state index in [0.717, 1.165) is 13.1 Å². The zero-order chi connectivity index (χ0) is 13.0. The zero-order valence-corrected chi connectivity index (χ0v) is 11.9. The van der Waals surface area contributed by atoms with Crippen LogP contribution in [0.3, 0.4) is 0 Å². The highest BCUT2D eigenvalue weighted by Gasteiger charge is 2.26. The van der Waals surface area contributed by atoms with Gasteiger partial charge in [-0.1, -0.05) is 13.8 Å². The Morgan fingerprint density at radius 1 is 1.44 bits per heavy atom. The number of pyridine rings is 1. The molecule has 0 amide bonds. The van der Waals surface area contributed by atoms with Crippen LogP contribution < -0.4 is 5.32 Å². The molecule has 18 heavy (non-hydrogen) atoms. The fourth-order valence-electron chi connectivity index (χ4n) is 2.79. The van der Waals surface area contributed by atoms with Gasteiger partial charge in [0.05, 0.1) is 5.69 Å². The smallest absolute Gasteiger partial charge is 0.0564 e. The number of anilines is 1. The number of rotatable bonds is 4. The molecule has 0 bridgehead atoms. The summed E-state index contributed by atoms with van der Waals surface area (Å²) in [5, 5.41) is 3.34. The predicted octanol–water partition coefficient (Wildman–Crippen LogP) is 3.14. The molecule has 0 spiro atoms. The summed E-state index contributed by atoms with van der Waals surface area (Å²) >= 11 is 0. The molecular weight excluding hydrogens is 222 g/mol. The molecule has 1 saturated heterocycles. The molecule has 2 rings (SSSR count). The third-order valence-corrected chi connectivity index (χ3v) is 3.56. The van der Waals surface area contributed by atoms with Crippen LogP contribution in [0.1, 0.15) is 39.3 Å². The topological polar surface area (TPSA) is 28.2 Å². The molecule has 3 nitrogen and oxygen atoms in total. The van der Waals surface area contributed by atoms with Gasteiger partial charge in [0.2, 0.25) is 0 Å². The van der Waals surface area contributed by atoms with Gasteiger partial charge in [-0.15, -0.1) is 0 Å². The Bertz CT molecular complexity index is 387. The normalized spacial score (nSPS) is 19.7. The van der Waals surface area contributed by atoms with E-state index in [4.69, 9.17) is 0 Å². The second-order valence-corrected chi connectivity index (χ2v) is 6.04. The van der Waals surface area contributed by atoms with E-state index in [0.29, 0.717) is 5.41 Å². The fraction of sp³-hybridized carbons (Fsp3) is 0.667. The average Bonchev–Trinajstić information content (AvgIpc) is 2.28. The van der Waals surface area contributed by atoms with E-state index >= 15 is 0 Å². The molecule has 1 aliphatic rings. The Morgan fingerprint density at radius 3 is 3.00 bits per heavy atom. The van der Waals surface area contributed by atoms with E-state index < -0.39 is 0 Å². The van der Waals surface area contributed by atoms with Gasteiger partial charge in [0.1, 0.15) is 0 Å². The monoisotopic (exact) mass is 247 g/mol. The van der Waals surface area contributed by atoms with Crippen LogP contribution >= 0.6 is 0 Å². The number of nitrogens with one attached hydrogen (secondary N) is 1. The fourth-order valence-corrected chi connectivity index (χ4v) is 2.79. The molecule has 0 saturated carbocycles. The second-order valence-electron chi connectivity index (χ2n) is 6.04. The van der Waals surface area contributed by atoms with Crippen LogP contribution in [-0.4, -0.2) is 29.5 Å². The number of aromatic nitrogens is 1. The molecule has 1 aromatic rings. The third-order valence-electron chi connectivity index (χ3n) is 3.56. The lowest BCUT2D eigenvalue weighted by Crippen LogP contribution is -2.39. The number of hydrogen-bond donors (Lipinski definition) is 1. The number of piperidine rings is 1. The molecule has 1 fully saturated rings. The lowest BCUT2D eigenvalue weighted by molar-refractivity contribution is 0.110. The summed E-state index contributed by atoms with van der Waals surface area (Å²) in [6, 6.07) is 4.21. The van der Waals surface area contributed by atoms with E-state index in [1.807, 2.05) is 12.3 Å².